The Morgan fingerprint density at radius 3 is 2.59 bits per heavy atom. The molecule has 0 atom stereocenters. The van der Waals surface area contributed by atoms with Crippen LogP contribution in [0.5, 0.6) is 0 Å². The highest BCUT2D eigenvalue weighted by atomic mass is 35.5. The zero-order chi connectivity index (χ0) is 16.5. The minimum absolute atomic E-state index is 0.0447. The third kappa shape index (κ3) is 3.26. The second-order valence-corrected chi connectivity index (χ2v) is 6.84. The molecule has 2 aromatic rings. The molecule has 0 saturated carbocycles. The summed E-state index contributed by atoms with van der Waals surface area (Å²) < 4.78 is 32.0. The van der Waals surface area contributed by atoms with Crippen molar-refractivity contribution in [3.63, 3.8) is 0 Å². The molecule has 1 aromatic heterocycles. The molecule has 1 aromatic carbocycles. The van der Waals surface area contributed by atoms with E-state index in [0.29, 0.717) is 16.3 Å². The number of aromatic nitrogens is 1. The Morgan fingerprint density at radius 1 is 1.27 bits per heavy atom. The number of esters is 1. The molecule has 2 N–H and O–H groups in total. The molecule has 118 valence electrons. The number of aromatic amines is 1. The molecule has 6 nitrogen and oxygen atoms in total. The van der Waals surface area contributed by atoms with E-state index in [9.17, 15) is 13.2 Å². The van der Waals surface area contributed by atoms with Crippen LogP contribution in [0.15, 0.2) is 29.2 Å². The first-order chi connectivity index (χ1) is 10.2. The van der Waals surface area contributed by atoms with Gasteiger partial charge >= 0.3 is 5.97 Å². The van der Waals surface area contributed by atoms with E-state index in [2.05, 4.69) is 14.4 Å². The molecule has 0 amide bonds. The standard InChI is InChI=1S/C14H15ClN2O4S/c1-8-4-5-10(15)7-12(8)22(19,20)17-11-6-9(2)16-13(11)14(18)21-3/h4-7,16-17H,1-3H3. The third-order valence-electron chi connectivity index (χ3n) is 3.03. The molecule has 8 heteroatoms. The largest absolute Gasteiger partial charge is 0.464 e. The zero-order valence-electron chi connectivity index (χ0n) is 12.2. The lowest BCUT2D eigenvalue weighted by Gasteiger charge is -2.10. The fourth-order valence-electron chi connectivity index (χ4n) is 2.00. The van der Waals surface area contributed by atoms with E-state index >= 15 is 0 Å². The number of H-pyrrole nitrogens is 1. The van der Waals surface area contributed by atoms with Crippen LogP contribution in [0.3, 0.4) is 0 Å². The van der Waals surface area contributed by atoms with Gasteiger partial charge in [0.15, 0.2) is 0 Å². The number of aryl methyl sites for hydroxylation is 2. The first-order valence-electron chi connectivity index (χ1n) is 6.31. The quantitative estimate of drug-likeness (QED) is 0.836. The van der Waals surface area contributed by atoms with E-state index in [1.165, 1.54) is 19.2 Å². The summed E-state index contributed by atoms with van der Waals surface area (Å²) in [5.74, 6) is -0.659. The summed E-state index contributed by atoms with van der Waals surface area (Å²) in [5.41, 5.74) is 1.34. The van der Waals surface area contributed by atoms with Crippen molar-refractivity contribution in [3.8, 4) is 0 Å². The highest BCUT2D eigenvalue weighted by molar-refractivity contribution is 7.92. The SMILES string of the molecule is COC(=O)c1[nH]c(C)cc1NS(=O)(=O)c1cc(Cl)ccc1C. The summed E-state index contributed by atoms with van der Waals surface area (Å²) >= 11 is 5.86. The van der Waals surface area contributed by atoms with Gasteiger partial charge in [-0.05, 0) is 37.6 Å². The maximum absolute atomic E-state index is 12.5. The monoisotopic (exact) mass is 342 g/mol. The highest BCUT2D eigenvalue weighted by Crippen LogP contribution is 2.25. The van der Waals surface area contributed by atoms with Gasteiger partial charge in [0, 0.05) is 10.7 Å². The molecule has 0 fully saturated rings. The number of sulfonamides is 1. The lowest BCUT2D eigenvalue weighted by atomic mass is 10.2. The fraction of sp³-hybridized carbons (Fsp3) is 0.214. The molecule has 1 heterocycles. The number of nitrogens with one attached hydrogen (secondary N) is 2. The van der Waals surface area contributed by atoms with Crippen LogP contribution in [0.4, 0.5) is 5.69 Å². The second kappa shape index (κ2) is 6.02. The molecule has 0 aliphatic heterocycles. The summed E-state index contributed by atoms with van der Waals surface area (Å²) in [6.45, 7) is 3.36. The number of benzene rings is 1. The molecule has 0 radical (unpaired) electrons. The molecule has 0 saturated heterocycles. The molecule has 0 spiro atoms. The molecule has 2 rings (SSSR count). The smallest absolute Gasteiger partial charge is 0.356 e. The second-order valence-electron chi connectivity index (χ2n) is 4.75. The van der Waals surface area contributed by atoms with E-state index in [1.54, 1.807) is 26.0 Å². The van der Waals surface area contributed by atoms with Crippen molar-refractivity contribution < 1.29 is 17.9 Å². The average molecular weight is 343 g/mol. The molecule has 0 aliphatic rings. The number of anilines is 1. The van der Waals surface area contributed by atoms with Crippen LogP contribution >= 0.6 is 11.6 Å². The number of carbonyl (C=O) groups is 1. The van der Waals surface area contributed by atoms with Crippen LogP contribution in [0.25, 0.3) is 0 Å². The molecule has 0 unspecified atom stereocenters. The van der Waals surface area contributed by atoms with Crippen LogP contribution in [0.1, 0.15) is 21.7 Å². The lowest BCUT2D eigenvalue weighted by Crippen LogP contribution is -2.16. The van der Waals surface area contributed by atoms with Gasteiger partial charge in [0.25, 0.3) is 10.0 Å². The Hall–Kier alpha value is -1.99. The Kier molecular flexibility index (Phi) is 4.48. The highest BCUT2D eigenvalue weighted by Gasteiger charge is 2.22. The van der Waals surface area contributed by atoms with Crippen molar-refractivity contribution in [2.45, 2.75) is 18.7 Å². The van der Waals surface area contributed by atoms with Crippen molar-refractivity contribution in [1.29, 1.82) is 0 Å². The van der Waals surface area contributed by atoms with E-state index in [1.807, 2.05) is 0 Å². The van der Waals surface area contributed by atoms with Crippen LogP contribution < -0.4 is 4.72 Å². The molecule has 0 aliphatic carbocycles. The first kappa shape index (κ1) is 16.4. The summed E-state index contributed by atoms with van der Waals surface area (Å²) in [7, 11) is -2.66. The van der Waals surface area contributed by atoms with E-state index in [4.69, 9.17) is 11.6 Å². The summed E-state index contributed by atoms with van der Waals surface area (Å²) in [4.78, 5) is 14.5. The minimum atomic E-state index is -3.88. The topological polar surface area (TPSA) is 88.3 Å². The van der Waals surface area contributed by atoms with Gasteiger partial charge in [-0.3, -0.25) is 4.72 Å². The van der Waals surface area contributed by atoms with Gasteiger partial charge in [0.2, 0.25) is 0 Å². The van der Waals surface area contributed by atoms with Crippen molar-refractivity contribution in [2.24, 2.45) is 0 Å². The number of carbonyl (C=O) groups excluding carboxylic acids is 1. The van der Waals surface area contributed by atoms with Crippen molar-refractivity contribution in [1.82, 2.24) is 4.98 Å². The Labute approximate surface area is 133 Å². The van der Waals surface area contributed by atoms with Gasteiger partial charge in [0.05, 0.1) is 17.7 Å². The number of hydrogen-bond donors (Lipinski definition) is 2. The number of ether oxygens (including phenoxy) is 1. The van der Waals surface area contributed by atoms with Gasteiger partial charge in [-0.25, -0.2) is 13.2 Å². The Morgan fingerprint density at radius 2 is 1.95 bits per heavy atom. The van der Waals surface area contributed by atoms with Crippen LogP contribution in [0, 0.1) is 13.8 Å². The summed E-state index contributed by atoms with van der Waals surface area (Å²) in [6.07, 6.45) is 0. The van der Waals surface area contributed by atoms with Gasteiger partial charge < -0.3 is 9.72 Å². The number of hydrogen-bond acceptors (Lipinski definition) is 4. The molecular formula is C14H15ClN2O4S. The van der Waals surface area contributed by atoms with Crippen molar-refractivity contribution >= 4 is 33.3 Å². The number of methoxy groups -OCH3 is 1. The zero-order valence-corrected chi connectivity index (χ0v) is 13.8. The molecule has 0 bridgehead atoms. The first-order valence-corrected chi connectivity index (χ1v) is 8.17. The van der Waals surface area contributed by atoms with Crippen molar-refractivity contribution in [2.75, 3.05) is 11.8 Å². The normalized spacial score (nSPS) is 11.3. The van der Waals surface area contributed by atoms with Gasteiger partial charge in [0.1, 0.15) is 5.69 Å². The van der Waals surface area contributed by atoms with Gasteiger partial charge in [-0.1, -0.05) is 17.7 Å². The van der Waals surface area contributed by atoms with E-state index in [-0.39, 0.29) is 16.3 Å². The lowest BCUT2D eigenvalue weighted by molar-refractivity contribution is 0.0596. The summed E-state index contributed by atoms with van der Waals surface area (Å²) in [5, 5.41) is 0.310. The maximum Gasteiger partial charge on any atom is 0.356 e. The molecule has 22 heavy (non-hydrogen) atoms. The van der Waals surface area contributed by atoms with Crippen LogP contribution in [0.2, 0.25) is 5.02 Å². The average Bonchev–Trinajstić information content (AvgIpc) is 2.80. The third-order valence-corrected chi connectivity index (χ3v) is 4.77. The maximum atomic E-state index is 12.5. The van der Waals surface area contributed by atoms with Crippen molar-refractivity contribution in [3.05, 3.63) is 46.2 Å². The van der Waals surface area contributed by atoms with Crippen LogP contribution in [-0.2, 0) is 14.8 Å². The van der Waals surface area contributed by atoms with Gasteiger partial charge in [-0.2, -0.15) is 0 Å². The minimum Gasteiger partial charge on any atom is -0.464 e. The number of halogens is 1. The Bertz CT molecular complexity index is 827. The van der Waals surface area contributed by atoms with E-state index < -0.39 is 16.0 Å². The molecular weight excluding hydrogens is 328 g/mol. The Balaban J connectivity index is 2.46. The predicted molar refractivity (Wildman–Crippen MR) is 83.9 cm³/mol. The summed E-state index contributed by atoms with van der Waals surface area (Å²) in [6, 6.07) is 6.09. The number of rotatable bonds is 4. The van der Waals surface area contributed by atoms with Gasteiger partial charge in [-0.15, -0.1) is 0 Å². The van der Waals surface area contributed by atoms with Crippen LogP contribution in [-0.4, -0.2) is 26.5 Å². The van der Waals surface area contributed by atoms with E-state index in [0.717, 1.165) is 0 Å². The predicted octanol–water partition coefficient (Wildman–Crippen LogP) is 2.87. The fourth-order valence-corrected chi connectivity index (χ4v) is 3.57.